The van der Waals surface area contributed by atoms with Crippen LogP contribution < -0.4 is 25.4 Å². The third-order valence-electron chi connectivity index (χ3n) is 5.96. The van der Waals surface area contributed by atoms with Gasteiger partial charge in [-0.05, 0) is 61.9 Å². The summed E-state index contributed by atoms with van der Waals surface area (Å²) < 4.78 is 107. The fraction of sp³-hybridized carbons (Fsp3) is 0.435. The van der Waals surface area contributed by atoms with E-state index in [1.54, 1.807) is 0 Å². The minimum absolute atomic E-state index is 0.148. The molecule has 2 aromatic rings. The molecule has 2 aliphatic rings. The molecule has 2 aliphatic heterocycles. The second-order valence-corrected chi connectivity index (χ2v) is 8.48. The van der Waals surface area contributed by atoms with Crippen molar-refractivity contribution in [3.8, 4) is 11.5 Å². The minimum atomic E-state index is -4.86. The van der Waals surface area contributed by atoms with Gasteiger partial charge in [0.25, 0.3) is 0 Å². The average Bonchev–Trinajstić information content (AvgIpc) is 2.75. The van der Waals surface area contributed by atoms with E-state index < -0.39 is 60.0 Å². The highest BCUT2D eigenvalue weighted by Crippen LogP contribution is 2.53. The van der Waals surface area contributed by atoms with Crippen LogP contribution in [0, 0.1) is 5.82 Å². The van der Waals surface area contributed by atoms with Gasteiger partial charge in [-0.25, -0.2) is 9.18 Å². The molecule has 3 unspecified atom stereocenters. The monoisotopic (exact) mass is 537 g/mol. The van der Waals surface area contributed by atoms with E-state index in [-0.39, 0.29) is 18.0 Å². The van der Waals surface area contributed by atoms with Crippen molar-refractivity contribution in [2.75, 3.05) is 18.5 Å². The van der Waals surface area contributed by atoms with E-state index in [2.05, 4.69) is 20.7 Å². The summed E-state index contributed by atoms with van der Waals surface area (Å²) in [7, 11) is 0. The van der Waals surface area contributed by atoms with Crippen molar-refractivity contribution in [3.05, 3.63) is 53.8 Å². The molecule has 14 heteroatoms. The summed E-state index contributed by atoms with van der Waals surface area (Å²) in [5.41, 5.74) is -3.02. The van der Waals surface area contributed by atoms with Gasteiger partial charge in [-0.15, -0.1) is 13.2 Å². The lowest BCUT2D eigenvalue weighted by molar-refractivity contribution is -0.334. The first-order valence-electron chi connectivity index (χ1n) is 11.2. The van der Waals surface area contributed by atoms with Gasteiger partial charge in [-0.3, -0.25) is 5.32 Å². The van der Waals surface area contributed by atoms with E-state index in [1.807, 2.05) is 0 Å². The van der Waals surface area contributed by atoms with E-state index in [9.17, 15) is 35.5 Å². The quantitative estimate of drug-likeness (QED) is 0.443. The topological polar surface area (TPSA) is 80.9 Å². The first-order chi connectivity index (χ1) is 17.4. The summed E-state index contributed by atoms with van der Waals surface area (Å²) >= 11 is 0. The number of nitrogens with one attached hydrogen (secondary N) is 3. The maximum absolute atomic E-state index is 13.9. The zero-order valence-corrected chi connectivity index (χ0v) is 19.0. The summed E-state index contributed by atoms with van der Waals surface area (Å²) in [6.07, 6.45) is -10.0. The zero-order valence-electron chi connectivity index (χ0n) is 19.0. The molecule has 2 heterocycles. The van der Waals surface area contributed by atoms with Crippen LogP contribution in [-0.2, 0) is 10.3 Å². The molecule has 3 N–H and O–H groups in total. The highest BCUT2D eigenvalue weighted by molar-refractivity contribution is 5.89. The van der Waals surface area contributed by atoms with Crippen molar-refractivity contribution in [2.45, 2.75) is 49.7 Å². The number of halogens is 7. The van der Waals surface area contributed by atoms with Gasteiger partial charge in [-0.2, -0.15) is 13.2 Å². The van der Waals surface area contributed by atoms with Gasteiger partial charge in [0.15, 0.2) is 11.8 Å². The van der Waals surface area contributed by atoms with Gasteiger partial charge in [0.1, 0.15) is 17.3 Å². The first-order valence-corrected chi connectivity index (χ1v) is 11.2. The lowest BCUT2D eigenvalue weighted by Crippen LogP contribution is -2.57. The Balaban J connectivity index is 1.45. The summed E-state index contributed by atoms with van der Waals surface area (Å²) in [6, 6.07) is 5.79. The van der Waals surface area contributed by atoms with E-state index in [0.717, 1.165) is 30.3 Å². The summed E-state index contributed by atoms with van der Waals surface area (Å²) in [4.78, 5) is 12.5. The molecule has 4 rings (SSSR count). The highest BCUT2D eigenvalue weighted by atomic mass is 19.4. The third kappa shape index (κ3) is 6.18. The summed E-state index contributed by atoms with van der Waals surface area (Å²) in [5.74, 6) is -1.60. The Morgan fingerprint density at radius 3 is 2.38 bits per heavy atom. The van der Waals surface area contributed by atoms with Crippen LogP contribution in [-0.4, -0.2) is 44.0 Å². The van der Waals surface area contributed by atoms with Crippen molar-refractivity contribution in [3.63, 3.8) is 0 Å². The van der Waals surface area contributed by atoms with Crippen LogP contribution in [0.5, 0.6) is 11.5 Å². The standard InChI is InChI=1S/C23H22F7N3O4/c24-13-3-8-18(16(12-13)21(9-11-35-21)22(25,26)27)36-19-17(2-1-10-31-19)33-20(34)32-14-4-6-15(7-5-14)37-23(28,29)30/h3-8,12,17,19,31H,1-2,9-11H2,(H2,32,33,34). The zero-order chi connectivity index (χ0) is 26.8. The number of ether oxygens (including phenoxy) is 3. The van der Waals surface area contributed by atoms with Crippen LogP contribution >= 0.6 is 0 Å². The molecule has 2 fully saturated rings. The maximum Gasteiger partial charge on any atom is 0.573 e. The number of hydrogen-bond donors (Lipinski definition) is 3. The van der Waals surface area contributed by atoms with Crippen molar-refractivity contribution in [1.82, 2.24) is 10.6 Å². The van der Waals surface area contributed by atoms with E-state index in [0.29, 0.717) is 19.4 Å². The van der Waals surface area contributed by atoms with Crippen LogP contribution in [0.4, 0.5) is 41.2 Å². The molecule has 202 valence electrons. The summed E-state index contributed by atoms with van der Waals surface area (Å²) in [6.45, 7) is 0.299. The summed E-state index contributed by atoms with van der Waals surface area (Å²) in [5, 5.41) is 8.08. The van der Waals surface area contributed by atoms with Crippen LogP contribution in [0.25, 0.3) is 0 Å². The number of carbonyl (C=O) groups excluding carboxylic acids is 1. The Kier molecular flexibility index (Phi) is 7.42. The van der Waals surface area contributed by atoms with Gasteiger partial charge >= 0.3 is 18.6 Å². The molecular weight excluding hydrogens is 515 g/mol. The Labute approximate surface area is 206 Å². The number of benzene rings is 2. The molecule has 2 amide bonds. The molecule has 0 aromatic heterocycles. The largest absolute Gasteiger partial charge is 0.573 e. The van der Waals surface area contributed by atoms with Gasteiger partial charge in [-0.1, -0.05) is 0 Å². The van der Waals surface area contributed by atoms with E-state index >= 15 is 0 Å². The second kappa shape index (κ2) is 10.2. The molecule has 2 aromatic carbocycles. The molecule has 0 spiro atoms. The number of rotatable bonds is 6. The Bertz CT molecular complexity index is 1100. The third-order valence-corrected chi connectivity index (χ3v) is 5.96. The predicted octanol–water partition coefficient (Wildman–Crippen LogP) is 5.18. The number of carbonyl (C=O) groups is 1. The van der Waals surface area contributed by atoms with E-state index in [4.69, 9.17) is 9.47 Å². The first kappa shape index (κ1) is 26.8. The van der Waals surface area contributed by atoms with Crippen molar-refractivity contribution in [2.24, 2.45) is 0 Å². The Morgan fingerprint density at radius 1 is 1.08 bits per heavy atom. The van der Waals surface area contributed by atoms with Gasteiger partial charge in [0.2, 0.25) is 0 Å². The number of amides is 2. The minimum Gasteiger partial charge on any atom is -0.473 e. The average molecular weight is 537 g/mol. The van der Waals surface area contributed by atoms with Gasteiger partial charge in [0.05, 0.1) is 12.6 Å². The van der Waals surface area contributed by atoms with Crippen molar-refractivity contribution < 1.29 is 49.7 Å². The Morgan fingerprint density at radius 2 is 1.78 bits per heavy atom. The predicted molar refractivity (Wildman–Crippen MR) is 115 cm³/mol. The smallest absolute Gasteiger partial charge is 0.473 e. The number of urea groups is 1. The molecule has 0 bridgehead atoms. The van der Waals surface area contributed by atoms with Crippen LogP contribution in [0.2, 0.25) is 0 Å². The van der Waals surface area contributed by atoms with Crippen LogP contribution in [0.1, 0.15) is 24.8 Å². The van der Waals surface area contributed by atoms with E-state index in [1.165, 1.54) is 12.1 Å². The van der Waals surface area contributed by atoms with Gasteiger partial charge in [0, 0.05) is 17.7 Å². The van der Waals surface area contributed by atoms with Crippen LogP contribution in [0.15, 0.2) is 42.5 Å². The molecule has 3 atom stereocenters. The van der Waals surface area contributed by atoms with Crippen molar-refractivity contribution in [1.29, 1.82) is 0 Å². The fourth-order valence-electron chi connectivity index (χ4n) is 4.16. The lowest BCUT2D eigenvalue weighted by Gasteiger charge is -2.44. The Hall–Kier alpha value is -3.26. The second-order valence-electron chi connectivity index (χ2n) is 8.48. The number of piperidine rings is 1. The number of anilines is 1. The highest BCUT2D eigenvalue weighted by Gasteiger charge is 2.62. The molecule has 37 heavy (non-hydrogen) atoms. The molecule has 0 saturated carbocycles. The molecular formula is C23H22F7N3O4. The molecule has 2 saturated heterocycles. The fourth-order valence-corrected chi connectivity index (χ4v) is 4.16. The van der Waals surface area contributed by atoms with Crippen molar-refractivity contribution >= 4 is 11.7 Å². The maximum atomic E-state index is 13.9. The number of hydrogen-bond acceptors (Lipinski definition) is 5. The number of alkyl halides is 6. The van der Waals surface area contributed by atoms with Crippen LogP contribution in [0.3, 0.4) is 0 Å². The lowest BCUT2D eigenvalue weighted by atomic mass is 9.85. The SMILES string of the molecule is O=C(Nc1ccc(OC(F)(F)F)cc1)NC1CCCNC1Oc1ccc(F)cc1C1(C(F)(F)F)CCO1. The van der Waals surface area contributed by atoms with Gasteiger partial charge < -0.3 is 24.8 Å². The normalized spacial score (nSPS) is 24.1. The molecule has 0 radical (unpaired) electrons. The molecule has 0 aliphatic carbocycles. The molecule has 7 nitrogen and oxygen atoms in total.